The lowest BCUT2D eigenvalue weighted by atomic mass is 9.98. The summed E-state index contributed by atoms with van der Waals surface area (Å²) in [7, 11) is 0. The van der Waals surface area contributed by atoms with E-state index in [0.29, 0.717) is 38.3 Å². The average Bonchev–Trinajstić information content (AvgIpc) is 2.54. The van der Waals surface area contributed by atoms with Gasteiger partial charge in [-0.2, -0.15) is 0 Å². The number of ether oxygens (including phenoxy) is 4. The Morgan fingerprint density at radius 1 is 0.773 bits per heavy atom. The molecule has 4 heteroatoms. The molecule has 2 aliphatic heterocycles. The summed E-state index contributed by atoms with van der Waals surface area (Å²) in [5.74, 6) is -0.526. The molecule has 1 aromatic carbocycles. The van der Waals surface area contributed by atoms with E-state index in [1.807, 2.05) is 32.0 Å². The number of rotatable bonds is 2. The van der Waals surface area contributed by atoms with E-state index in [4.69, 9.17) is 18.9 Å². The largest absolute Gasteiger partial charge is 0.346 e. The molecule has 3 rings (SSSR count). The van der Waals surface area contributed by atoms with E-state index in [2.05, 4.69) is 19.9 Å². The Kier molecular flexibility index (Phi) is 4.29. The molecule has 0 radical (unpaired) electrons. The van der Waals surface area contributed by atoms with Crippen LogP contribution in [0.1, 0.15) is 38.8 Å². The fourth-order valence-electron chi connectivity index (χ4n) is 2.80. The Morgan fingerprint density at radius 2 is 1.14 bits per heavy atom. The van der Waals surface area contributed by atoms with Gasteiger partial charge in [0.15, 0.2) is 11.6 Å². The molecular formula is C18H26O4. The van der Waals surface area contributed by atoms with E-state index in [9.17, 15) is 0 Å². The first-order valence-electron chi connectivity index (χ1n) is 8.08. The van der Waals surface area contributed by atoms with Gasteiger partial charge in [-0.05, 0) is 19.9 Å². The second kappa shape index (κ2) is 5.93. The van der Waals surface area contributed by atoms with Gasteiger partial charge in [-0.15, -0.1) is 0 Å². The van der Waals surface area contributed by atoms with Crippen molar-refractivity contribution in [2.24, 2.45) is 11.8 Å². The molecule has 0 amide bonds. The lowest BCUT2D eigenvalue weighted by Crippen LogP contribution is -2.40. The molecule has 2 saturated heterocycles. The van der Waals surface area contributed by atoms with E-state index in [-0.39, 0.29) is 0 Å². The van der Waals surface area contributed by atoms with Gasteiger partial charge in [-0.1, -0.05) is 32.0 Å². The highest BCUT2D eigenvalue weighted by molar-refractivity contribution is 5.30. The van der Waals surface area contributed by atoms with Gasteiger partial charge in [0, 0.05) is 23.0 Å². The van der Waals surface area contributed by atoms with Gasteiger partial charge in [0.2, 0.25) is 0 Å². The van der Waals surface area contributed by atoms with Crippen LogP contribution in [0.2, 0.25) is 0 Å². The quantitative estimate of drug-likeness (QED) is 0.839. The maximum absolute atomic E-state index is 5.95. The Morgan fingerprint density at radius 3 is 1.50 bits per heavy atom. The second-order valence-corrected chi connectivity index (χ2v) is 6.93. The third-order valence-corrected chi connectivity index (χ3v) is 4.48. The van der Waals surface area contributed by atoms with Crippen LogP contribution >= 0.6 is 0 Å². The van der Waals surface area contributed by atoms with Crippen molar-refractivity contribution in [2.75, 3.05) is 26.4 Å². The third-order valence-electron chi connectivity index (χ3n) is 4.48. The second-order valence-electron chi connectivity index (χ2n) is 6.93. The lowest BCUT2D eigenvalue weighted by molar-refractivity contribution is -0.283. The summed E-state index contributed by atoms with van der Waals surface area (Å²) in [5, 5.41) is 0. The summed E-state index contributed by atoms with van der Waals surface area (Å²) >= 11 is 0. The van der Waals surface area contributed by atoms with Crippen LogP contribution in [-0.2, 0) is 30.5 Å². The van der Waals surface area contributed by atoms with Crippen molar-refractivity contribution in [3.63, 3.8) is 0 Å². The summed E-state index contributed by atoms with van der Waals surface area (Å²) < 4.78 is 23.8. The van der Waals surface area contributed by atoms with E-state index in [1.165, 1.54) is 0 Å². The average molecular weight is 306 g/mol. The molecular weight excluding hydrogens is 280 g/mol. The molecule has 0 spiro atoms. The zero-order chi connectivity index (χ0) is 15.8. The minimum Gasteiger partial charge on any atom is -0.346 e. The van der Waals surface area contributed by atoms with E-state index < -0.39 is 11.6 Å². The molecule has 0 atom stereocenters. The smallest absolute Gasteiger partial charge is 0.191 e. The first-order chi connectivity index (χ1) is 10.4. The van der Waals surface area contributed by atoms with Crippen LogP contribution in [0, 0.1) is 11.8 Å². The zero-order valence-corrected chi connectivity index (χ0v) is 13.9. The first kappa shape index (κ1) is 15.9. The minimum absolute atomic E-state index is 0.431. The van der Waals surface area contributed by atoms with Crippen LogP contribution in [0.5, 0.6) is 0 Å². The maximum atomic E-state index is 5.95. The van der Waals surface area contributed by atoms with Crippen molar-refractivity contribution in [3.05, 3.63) is 35.4 Å². The topological polar surface area (TPSA) is 36.9 Å². The fourth-order valence-corrected chi connectivity index (χ4v) is 2.80. The molecule has 4 nitrogen and oxygen atoms in total. The molecule has 2 aliphatic rings. The highest BCUT2D eigenvalue weighted by atomic mass is 16.7. The van der Waals surface area contributed by atoms with Crippen molar-refractivity contribution in [2.45, 2.75) is 39.3 Å². The van der Waals surface area contributed by atoms with E-state index >= 15 is 0 Å². The van der Waals surface area contributed by atoms with Gasteiger partial charge in [0.25, 0.3) is 0 Å². The molecule has 0 unspecified atom stereocenters. The third kappa shape index (κ3) is 3.06. The fraction of sp³-hybridized carbons (Fsp3) is 0.667. The first-order valence-corrected chi connectivity index (χ1v) is 8.08. The molecule has 122 valence electrons. The predicted octanol–water partition coefficient (Wildman–Crippen LogP) is 3.40. The van der Waals surface area contributed by atoms with Gasteiger partial charge in [-0.3, -0.25) is 0 Å². The summed E-state index contributed by atoms with van der Waals surface area (Å²) in [5.41, 5.74) is 2.01. The maximum Gasteiger partial charge on any atom is 0.191 e. The van der Waals surface area contributed by atoms with Crippen LogP contribution in [0.15, 0.2) is 24.3 Å². The lowest BCUT2D eigenvalue weighted by Gasteiger charge is -2.39. The van der Waals surface area contributed by atoms with Crippen LogP contribution in [0.25, 0.3) is 0 Å². The van der Waals surface area contributed by atoms with Gasteiger partial charge >= 0.3 is 0 Å². The molecule has 0 saturated carbocycles. The molecule has 0 aromatic heterocycles. The molecule has 2 fully saturated rings. The Bertz CT molecular complexity index is 468. The monoisotopic (exact) mass is 306 g/mol. The predicted molar refractivity (Wildman–Crippen MR) is 83.3 cm³/mol. The SMILES string of the molecule is CC1COC(C)(c2cccc(C3(C)OCC(C)CO3)c2)OC1. The van der Waals surface area contributed by atoms with E-state index in [0.717, 1.165) is 11.1 Å². The Hall–Kier alpha value is -0.940. The molecule has 22 heavy (non-hydrogen) atoms. The van der Waals surface area contributed by atoms with Crippen LogP contribution < -0.4 is 0 Å². The normalized spacial score (nSPS) is 39.6. The van der Waals surface area contributed by atoms with Crippen molar-refractivity contribution in [3.8, 4) is 0 Å². The molecule has 0 N–H and O–H groups in total. The van der Waals surface area contributed by atoms with Gasteiger partial charge < -0.3 is 18.9 Å². The van der Waals surface area contributed by atoms with Crippen molar-refractivity contribution in [1.82, 2.24) is 0 Å². The highest BCUT2D eigenvalue weighted by Gasteiger charge is 2.37. The van der Waals surface area contributed by atoms with Crippen LogP contribution in [-0.4, -0.2) is 26.4 Å². The van der Waals surface area contributed by atoms with Crippen LogP contribution in [0.4, 0.5) is 0 Å². The molecule has 0 bridgehead atoms. The molecule has 1 aromatic rings. The summed E-state index contributed by atoms with van der Waals surface area (Å²) in [6, 6.07) is 8.16. The van der Waals surface area contributed by atoms with Crippen molar-refractivity contribution < 1.29 is 18.9 Å². The Labute approximate surface area is 132 Å². The standard InChI is InChI=1S/C18H26O4/c1-13-9-19-17(3,20-10-13)15-6-5-7-16(8-15)18(4)21-11-14(2)12-22-18/h5-8,13-14H,9-12H2,1-4H3. The summed E-state index contributed by atoms with van der Waals surface area (Å²) in [6.45, 7) is 11.1. The Balaban J connectivity index is 1.84. The van der Waals surface area contributed by atoms with Crippen molar-refractivity contribution in [1.29, 1.82) is 0 Å². The van der Waals surface area contributed by atoms with Gasteiger partial charge in [0.1, 0.15) is 0 Å². The van der Waals surface area contributed by atoms with E-state index in [1.54, 1.807) is 0 Å². The molecule has 0 aliphatic carbocycles. The molecule has 2 heterocycles. The number of hydrogen-bond donors (Lipinski definition) is 0. The van der Waals surface area contributed by atoms with Crippen molar-refractivity contribution >= 4 is 0 Å². The minimum atomic E-state index is -0.694. The van der Waals surface area contributed by atoms with Gasteiger partial charge in [-0.25, -0.2) is 0 Å². The van der Waals surface area contributed by atoms with Crippen LogP contribution in [0.3, 0.4) is 0 Å². The highest BCUT2D eigenvalue weighted by Crippen LogP contribution is 2.36. The zero-order valence-electron chi connectivity index (χ0n) is 13.9. The summed E-state index contributed by atoms with van der Waals surface area (Å²) in [4.78, 5) is 0. The number of hydrogen-bond acceptors (Lipinski definition) is 4. The number of benzene rings is 1. The van der Waals surface area contributed by atoms with Gasteiger partial charge in [0.05, 0.1) is 26.4 Å². The summed E-state index contributed by atoms with van der Waals surface area (Å²) in [6.07, 6.45) is 0.